The second kappa shape index (κ2) is 8.87. The number of carboxylic acid groups (broad SMARTS) is 1. The topological polar surface area (TPSA) is 49.7 Å². The minimum absolute atomic E-state index is 0.135. The Labute approximate surface area is 172 Å². The molecule has 3 rings (SSSR count). The van der Waals surface area contributed by atoms with Crippen LogP contribution in [0.2, 0.25) is 0 Å². The minimum Gasteiger partial charge on any atom is -0.478 e. The van der Waals surface area contributed by atoms with Crippen LogP contribution < -0.4 is 0 Å². The highest BCUT2D eigenvalue weighted by Crippen LogP contribution is 2.33. The number of carboxylic acids is 1. The Morgan fingerprint density at radius 1 is 1.07 bits per heavy atom. The number of hydrogen-bond acceptors (Lipinski definition) is 2. The molecular weight excluding hydrogens is 358 g/mol. The Bertz CT molecular complexity index is 1110. The van der Waals surface area contributed by atoms with Crippen molar-refractivity contribution < 1.29 is 9.90 Å². The zero-order chi connectivity index (χ0) is 21.0. The van der Waals surface area contributed by atoms with Gasteiger partial charge in [-0.05, 0) is 73.2 Å². The van der Waals surface area contributed by atoms with E-state index in [0.717, 1.165) is 28.5 Å². The number of aliphatic imine (C=N–C) groups is 1. The zero-order valence-electron chi connectivity index (χ0n) is 17.4. The first-order valence-electron chi connectivity index (χ1n) is 9.92. The molecule has 29 heavy (non-hydrogen) atoms. The lowest BCUT2D eigenvalue weighted by atomic mass is 9.84. The van der Waals surface area contributed by atoms with Crippen LogP contribution in [0.1, 0.15) is 52.4 Å². The molecule has 0 bridgehead atoms. The highest BCUT2D eigenvalue weighted by Gasteiger charge is 2.20. The SMILES string of the molecule is CC=N/C(=C\C)C(Cc1ccc2c(C(=O)O)cccc2c1)c1cccc(C)c1C. The molecule has 3 nitrogen and oxygen atoms in total. The fourth-order valence-corrected chi connectivity index (χ4v) is 3.92. The summed E-state index contributed by atoms with van der Waals surface area (Å²) in [6.45, 7) is 8.27. The lowest BCUT2D eigenvalue weighted by Crippen LogP contribution is -2.08. The Balaban J connectivity index is 2.08. The molecule has 1 atom stereocenters. The fraction of sp³-hybridized carbons (Fsp3) is 0.231. The van der Waals surface area contributed by atoms with Gasteiger partial charge < -0.3 is 5.11 Å². The van der Waals surface area contributed by atoms with E-state index in [0.29, 0.717) is 5.56 Å². The number of nitrogens with zero attached hydrogens (tertiary/aromatic N) is 1. The van der Waals surface area contributed by atoms with E-state index in [-0.39, 0.29) is 5.92 Å². The Kier molecular flexibility index (Phi) is 6.28. The lowest BCUT2D eigenvalue weighted by molar-refractivity contribution is 0.0699. The molecule has 3 aromatic rings. The Morgan fingerprint density at radius 2 is 1.83 bits per heavy atom. The molecule has 0 spiro atoms. The molecule has 0 heterocycles. The summed E-state index contributed by atoms with van der Waals surface area (Å²) in [5, 5.41) is 11.2. The number of rotatable bonds is 6. The summed E-state index contributed by atoms with van der Waals surface area (Å²) in [5.74, 6) is -0.763. The van der Waals surface area contributed by atoms with Crippen molar-refractivity contribution in [2.75, 3.05) is 0 Å². The van der Waals surface area contributed by atoms with Crippen LogP contribution in [0.15, 0.2) is 71.4 Å². The second-order valence-corrected chi connectivity index (χ2v) is 7.31. The van der Waals surface area contributed by atoms with Gasteiger partial charge in [0.1, 0.15) is 0 Å². The van der Waals surface area contributed by atoms with Crippen LogP contribution in [0.3, 0.4) is 0 Å². The molecule has 0 saturated carbocycles. The summed E-state index contributed by atoms with van der Waals surface area (Å²) < 4.78 is 0. The summed E-state index contributed by atoms with van der Waals surface area (Å²) >= 11 is 0. The number of carbonyl (C=O) groups is 1. The average Bonchev–Trinajstić information content (AvgIpc) is 2.72. The number of hydrogen-bond donors (Lipinski definition) is 1. The van der Waals surface area contributed by atoms with E-state index in [2.05, 4.69) is 49.2 Å². The summed E-state index contributed by atoms with van der Waals surface area (Å²) in [6, 6.07) is 17.9. The molecule has 0 fully saturated rings. The molecule has 0 aliphatic heterocycles. The molecule has 0 aliphatic carbocycles. The predicted molar refractivity (Wildman–Crippen MR) is 121 cm³/mol. The van der Waals surface area contributed by atoms with Crippen LogP contribution >= 0.6 is 0 Å². The standard InChI is InChI=1S/C26H27NO2/c1-5-25(27-6-2)24(21-11-7-9-17(3)18(21)4)16-19-13-14-22-20(15-19)10-8-12-23(22)26(28)29/h5-15,24H,16H2,1-4H3,(H,28,29)/b25-5-,27-6?. The Morgan fingerprint density at radius 3 is 2.52 bits per heavy atom. The molecule has 1 unspecified atom stereocenters. The van der Waals surface area contributed by atoms with E-state index in [1.54, 1.807) is 12.1 Å². The maximum Gasteiger partial charge on any atom is 0.336 e. The first-order chi connectivity index (χ1) is 14.0. The maximum atomic E-state index is 11.5. The quantitative estimate of drug-likeness (QED) is 0.494. The van der Waals surface area contributed by atoms with Gasteiger partial charge in [0.15, 0.2) is 0 Å². The minimum atomic E-state index is -0.898. The fourth-order valence-electron chi connectivity index (χ4n) is 3.92. The summed E-state index contributed by atoms with van der Waals surface area (Å²) in [5.41, 5.74) is 6.38. The molecule has 148 valence electrons. The molecule has 3 aromatic carbocycles. The highest BCUT2D eigenvalue weighted by atomic mass is 16.4. The van der Waals surface area contributed by atoms with Crippen molar-refractivity contribution in [2.45, 2.75) is 40.0 Å². The van der Waals surface area contributed by atoms with Crippen molar-refractivity contribution >= 4 is 23.0 Å². The summed E-state index contributed by atoms with van der Waals surface area (Å²) in [6.07, 6.45) is 4.72. The maximum absolute atomic E-state index is 11.5. The van der Waals surface area contributed by atoms with Crippen molar-refractivity contribution in [1.82, 2.24) is 0 Å². The van der Waals surface area contributed by atoms with E-state index in [1.165, 1.54) is 16.7 Å². The Hall–Kier alpha value is -3.20. The number of allylic oxidation sites excluding steroid dienone is 2. The van der Waals surface area contributed by atoms with E-state index < -0.39 is 5.97 Å². The van der Waals surface area contributed by atoms with E-state index in [4.69, 9.17) is 0 Å². The van der Waals surface area contributed by atoms with Gasteiger partial charge in [0.25, 0.3) is 0 Å². The van der Waals surface area contributed by atoms with Crippen LogP contribution in [0, 0.1) is 13.8 Å². The van der Waals surface area contributed by atoms with Gasteiger partial charge in [0.2, 0.25) is 0 Å². The van der Waals surface area contributed by atoms with Gasteiger partial charge in [0.05, 0.1) is 5.56 Å². The number of benzene rings is 3. The van der Waals surface area contributed by atoms with Crippen LogP contribution in [-0.2, 0) is 6.42 Å². The van der Waals surface area contributed by atoms with E-state index in [9.17, 15) is 9.90 Å². The lowest BCUT2D eigenvalue weighted by Gasteiger charge is -2.22. The second-order valence-electron chi connectivity index (χ2n) is 7.31. The molecular formula is C26H27NO2. The highest BCUT2D eigenvalue weighted by molar-refractivity contribution is 6.03. The van der Waals surface area contributed by atoms with E-state index in [1.807, 2.05) is 38.3 Å². The molecule has 0 aliphatic rings. The third kappa shape index (κ3) is 4.29. The largest absolute Gasteiger partial charge is 0.478 e. The number of aryl methyl sites for hydroxylation is 1. The number of aromatic carboxylic acids is 1. The van der Waals surface area contributed by atoms with Crippen molar-refractivity contribution in [3.05, 3.63) is 94.2 Å². The van der Waals surface area contributed by atoms with Gasteiger partial charge >= 0.3 is 5.97 Å². The zero-order valence-corrected chi connectivity index (χ0v) is 17.4. The van der Waals surface area contributed by atoms with Crippen molar-refractivity contribution in [3.8, 4) is 0 Å². The van der Waals surface area contributed by atoms with Crippen molar-refractivity contribution in [2.24, 2.45) is 4.99 Å². The van der Waals surface area contributed by atoms with Gasteiger partial charge in [-0.3, -0.25) is 4.99 Å². The van der Waals surface area contributed by atoms with Crippen molar-refractivity contribution in [3.63, 3.8) is 0 Å². The third-order valence-electron chi connectivity index (χ3n) is 5.57. The van der Waals surface area contributed by atoms with Gasteiger partial charge in [-0.15, -0.1) is 0 Å². The molecule has 0 radical (unpaired) electrons. The molecule has 3 heteroatoms. The summed E-state index contributed by atoms with van der Waals surface area (Å²) in [7, 11) is 0. The summed E-state index contributed by atoms with van der Waals surface area (Å²) in [4.78, 5) is 16.2. The van der Waals surface area contributed by atoms with Gasteiger partial charge in [0, 0.05) is 17.8 Å². The van der Waals surface area contributed by atoms with Crippen LogP contribution in [0.4, 0.5) is 0 Å². The van der Waals surface area contributed by atoms with Crippen LogP contribution in [0.25, 0.3) is 10.8 Å². The molecule has 0 amide bonds. The average molecular weight is 386 g/mol. The molecule has 0 aromatic heterocycles. The van der Waals surface area contributed by atoms with Gasteiger partial charge in [-0.1, -0.05) is 54.6 Å². The van der Waals surface area contributed by atoms with Crippen LogP contribution in [-0.4, -0.2) is 17.3 Å². The first-order valence-corrected chi connectivity index (χ1v) is 9.92. The van der Waals surface area contributed by atoms with Gasteiger partial charge in [-0.2, -0.15) is 0 Å². The predicted octanol–water partition coefficient (Wildman–Crippen LogP) is 6.48. The number of fused-ring (bicyclic) bond motifs is 1. The van der Waals surface area contributed by atoms with Gasteiger partial charge in [-0.25, -0.2) is 4.79 Å². The normalized spacial score (nSPS) is 13.2. The first kappa shape index (κ1) is 20.5. The third-order valence-corrected chi connectivity index (χ3v) is 5.57. The smallest absolute Gasteiger partial charge is 0.336 e. The molecule has 1 N–H and O–H groups in total. The van der Waals surface area contributed by atoms with Crippen molar-refractivity contribution in [1.29, 1.82) is 0 Å². The van der Waals surface area contributed by atoms with E-state index >= 15 is 0 Å². The molecule has 0 saturated heterocycles. The monoisotopic (exact) mass is 385 g/mol. The van der Waals surface area contributed by atoms with Crippen LogP contribution in [0.5, 0.6) is 0 Å².